The largest absolute Gasteiger partial charge is 0.370 e. The number of anilines is 1. The van der Waals surface area contributed by atoms with Crippen molar-refractivity contribution in [1.82, 2.24) is 0 Å². The molecule has 0 heterocycles. The van der Waals surface area contributed by atoms with Crippen molar-refractivity contribution >= 4 is 11.6 Å². The highest BCUT2D eigenvalue weighted by atomic mass is 15.1. The number of guanidine groups is 1. The topological polar surface area (TPSA) is 50.4 Å². The van der Waals surface area contributed by atoms with E-state index in [9.17, 15) is 0 Å². The Bertz CT molecular complexity index is 361. The van der Waals surface area contributed by atoms with Crippen molar-refractivity contribution < 1.29 is 0 Å². The van der Waals surface area contributed by atoms with Crippen LogP contribution in [0, 0.1) is 19.8 Å². The Morgan fingerprint density at radius 1 is 1.25 bits per heavy atom. The van der Waals surface area contributed by atoms with E-state index in [4.69, 9.17) is 5.73 Å². The molecule has 1 rings (SSSR count). The first-order chi connectivity index (χ1) is 7.47. The minimum absolute atomic E-state index is 0.485. The lowest BCUT2D eigenvalue weighted by Gasteiger charge is -2.08. The fourth-order valence-corrected chi connectivity index (χ4v) is 1.52. The van der Waals surface area contributed by atoms with Crippen LogP contribution in [0.4, 0.5) is 5.69 Å². The number of aliphatic imine (C=N–C) groups is 1. The number of nitrogens with one attached hydrogen (secondary N) is 1. The molecule has 0 radical (unpaired) electrons. The Kier molecular flexibility index (Phi) is 4.35. The number of hydrogen-bond donors (Lipinski definition) is 2. The molecule has 0 saturated carbocycles. The van der Waals surface area contributed by atoms with Gasteiger partial charge in [0.25, 0.3) is 0 Å². The zero-order valence-corrected chi connectivity index (χ0v) is 10.5. The van der Waals surface area contributed by atoms with E-state index in [0.29, 0.717) is 11.9 Å². The van der Waals surface area contributed by atoms with E-state index in [2.05, 4.69) is 56.2 Å². The van der Waals surface area contributed by atoms with Gasteiger partial charge in [-0.15, -0.1) is 0 Å². The smallest absolute Gasteiger partial charge is 0.193 e. The van der Waals surface area contributed by atoms with E-state index >= 15 is 0 Å². The molecule has 0 amide bonds. The van der Waals surface area contributed by atoms with Gasteiger partial charge in [-0.2, -0.15) is 0 Å². The summed E-state index contributed by atoms with van der Waals surface area (Å²) < 4.78 is 0. The zero-order valence-electron chi connectivity index (χ0n) is 10.5. The predicted molar refractivity (Wildman–Crippen MR) is 70.9 cm³/mol. The van der Waals surface area contributed by atoms with Crippen molar-refractivity contribution in [3.05, 3.63) is 29.3 Å². The van der Waals surface area contributed by atoms with Gasteiger partial charge < -0.3 is 11.1 Å². The molecule has 88 valence electrons. The Labute approximate surface area is 97.8 Å². The van der Waals surface area contributed by atoms with Gasteiger partial charge in [0.05, 0.1) is 0 Å². The van der Waals surface area contributed by atoms with Gasteiger partial charge >= 0.3 is 0 Å². The lowest BCUT2D eigenvalue weighted by molar-refractivity contribution is 0.665. The van der Waals surface area contributed by atoms with E-state index in [1.54, 1.807) is 0 Å². The van der Waals surface area contributed by atoms with Gasteiger partial charge in [0.2, 0.25) is 0 Å². The van der Waals surface area contributed by atoms with Crippen LogP contribution in [0.25, 0.3) is 0 Å². The molecule has 0 saturated heterocycles. The molecule has 3 heteroatoms. The predicted octanol–water partition coefficient (Wildman–Crippen LogP) is 2.69. The minimum atomic E-state index is 0.485. The summed E-state index contributed by atoms with van der Waals surface area (Å²) in [5, 5.41) is 3.11. The molecule has 0 aliphatic rings. The third kappa shape index (κ3) is 4.34. The Morgan fingerprint density at radius 2 is 1.81 bits per heavy atom. The van der Waals surface area contributed by atoms with Crippen LogP contribution in [0.5, 0.6) is 0 Å². The molecule has 3 N–H and O–H groups in total. The Hall–Kier alpha value is -1.51. The van der Waals surface area contributed by atoms with E-state index in [1.807, 2.05) is 0 Å². The van der Waals surface area contributed by atoms with Crippen molar-refractivity contribution in [2.75, 3.05) is 11.9 Å². The van der Waals surface area contributed by atoms with E-state index in [0.717, 1.165) is 12.2 Å². The van der Waals surface area contributed by atoms with E-state index in [-0.39, 0.29) is 0 Å². The van der Waals surface area contributed by atoms with Gasteiger partial charge in [-0.3, -0.25) is 4.99 Å². The third-order valence-corrected chi connectivity index (χ3v) is 2.12. The van der Waals surface area contributed by atoms with Gasteiger partial charge in [-0.05, 0) is 43.0 Å². The number of aryl methyl sites for hydroxylation is 2. The highest BCUT2D eigenvalue weighted by molar-refractivity contribution is 5.92. The molecule has 16 heavy (non-hydrogen) atoms. The highest BCUT2D eigenvalue weighted by Gasteiger charge is 1.98. The summed E-state index contributed by atoms with van der Waals surface area (Å²) >= 11 is 0. The summed E-state index contributed by atoms with van der Waals surface area (Å²) in [7, 11) is 0. The molecule has 0 spiro atoms. The monoisotopic (exact) mass is 219 g/mol. The van der Waals surface area contributed by atoms with Crippen molar-refractivity contribution in [3.8, 4) is 0 Å². The highest BCUT2D eigenvalue weighted by Crippen LogP contribution is 2.13. The summed E-state index contributed by atoms with van der Waals surface area (Å²) in [6, 6.07) is 6.25. The molecule has 0 unspecified atom stereocenters. The molecule has 0 atom stereocenters. The van der Waals surface area contributed by atoms with Crippen LogP contribution in [-0.4, -0.2) is 12.5 Å². The summed E-state index contributed by atoms with van der Waals surface area (Å²) in [6.07, 6.45) is 0. The van der Waals surface area contributed by atoms with Crippen LogP contribution in [0.1, 0.15) is 25.0 Å². The maximum absolute atomic E-state index is 5.79. The van der Waals surface area contributed by atoms with Gasteiger partial charge in [-0.1, -0.05) is 19.9 Å². The summed E-state index contributed by atoms with van der Waals surface area (Å²) in [5.41, 5.74) is 9.24. The molecule has 0 fully saturated rings. The summed E-state index contributed by atoms with van der Waals surface area (Å²) in [4.78, 5) is 4.26. The lowest BCUT2D eigenvalue weighted by atomic mass is 10.1. The molecule has 1 aromatic carbocycles. The second-order valence-corrected chi connectivity index (χ2v) is 4.62. The molecular formula is C13H21N3. The summed E-state index contributed by atoms with van der Waals surface area (Å²) in [5.74, 6) is 1.01. The standard InChI is InChI=1S/C13H21N3/c1-9(2)8-15-13(14)16-12-6-10(3)5-11(4)7-12/h5-7,9H,8H2,1-4H3,(H3,14,15,16). The average molecular weight is 219 g/mol. The number of nitrogens with two attached hydrogens (primary N) is 1. The molecule has 0 aromatic heterocycles. The molecule has 3 nitrogen and oxygen atoms in total. The first-order valence-corrected chi connectivity index (χ1v) is 5.62. The third-order valence-electron chi connectivity index (χ3n) is 2.12. The van der Waals surface area contributed by atoms with E-state index in [1.165, 1.54) is 11.1 Å². The fourth-order valence-electron chi connectivity index (χ4n) is 1.52. The number of hydrogen-bond acceptors (Lipinski definition) is 1. The van der Waals surface area contributed by atoms with Crippen LogP contribution in [0.15, 0.2) is 23.2 Å². The van der Waals surface area contributed by atoms with Crippen molar-refractivity contribution in [2.45, 2.75) is 27.7 Å². The number of rotatable bonds is 3. The quantitative estimate of drug-likeness (QED) is 0.606. The maximum Gasteiger partial charge on any atom is 0.193 e. The first kappa shape index (κ1) is 12.6. The van der Waals surface area contributed by atoms with Crippen LogP contribution < -0.4 is 11.1 Å². The fraction of sp³-hybridized carbons (Fsp3) is 0.462. The average Bonchev–Trinajstić information content (AvgIpc) is 2.12. The van der Waals surface area contributed by atoms with Crippen molar-refractivity contribution in [3.63, 3.8) is 0 Å². The second-order valence-electron chi connectivity index (χ2n) is 4.62. The first-order valence-electron chi connectivity index (χ1n) is 5.62. The van der Waals surface area contributed by atoms with Crippen LogP contribution in [0.2, 0.25) is 0 Å². The number of nitrogens with zero attached hydrogens (tertiary/aromatic N) is 1. The lowest BCUT2D eigenvalue weighted by Crippen LogP contribution is -2.23. The van der Waals surface area contributed by atoms with Gasteiger partial charge in [0.15, 0.2) is 5.96 Å². The Balaban J connectivity index is 2.69. The summed E-state index contributed by atoms with van der Waals surface area (Å²) in [6.45, 7) is 9.13. The van der Waals surface area contributed by atoms with Crippen LogP contribution in [-0.2, 0) is 0 Å². The zero-order chi connectivity index (χ0) is 12.1. The van der Waals surface area contributed by atoms with Crippen molar-refractivity contribution in [2.24, 2.45) is 16.6 Å². The SMILES string of the molecule is Cc1cc(C)cc(NC(N)=NCC(C)C)c1. The molecule has 0 aliphatic heterocycles. The normalized spacial score (nSPS) is 11.9. The second kappa shape index (κ2) is 5.54. The van der Waals surface area contributed by atoms with Gasteiger partial charge in [-0.25, -0.2) is 0 Å². The molecular weight excluding hydrogens is 198 g/mol. The molecule has 0 bridgehead atoms. The van der Waals surface area contributed by atoms with Gasteiger partial charge in [0.1, 0.15) is 0 Å². The number of benzene rings is 1. The van der Waals surface area contributed by atoms with Gasteiger partial charge in [0, 0.05) is 12.2 Å². The Morgan fingerprint density at radius 3 is 2.31 bits per heavy atom. The molecule has 0 aliphatic carbocycles. The molecule has 1 aromatic rings. The van der Waals surface area contributed by atoms with Crippen LogP contribution in [0.3, 0.4) is 0 Å². The van der Waals surface area contributed by atoms with E-state index < -0.39 is 0 Å². The van der Waals surface area contributed by atoms with Crippen LogP contribution >= 0.6 is 0 Å². The minimum Gasteiger partial charge on any atom is -0.370 e. The maximum atomic E-state index is 5.79. The van der Waals surface area contributed by atoms with Crippen molar-refractivity contribution in [1.29, 1.82) is 0 Å².